The Labute approximate surface area is 97.2 Å². The highest BCUT2D eigenvalue weighted by atomic mass is 16.5. The first-order valence-electron chi connectivity index (χ1n) is 4.89. The normalized spacial score (nSPS) is 10.3. The molecule has 8 heteroatoms. The lowest BCUT2D eigenvalue weighted by atomic mass is 10.3. The zero-order valence-corrected chi connectivity index (χ0v) is 9.33. The SMILES string of the molecule is CC(=O)CN(O)C(=O)c1c(N)ncn1CCO. The van der Waals surface area contributed by atoms with Gasteiger partial charge in [-0.15, -0.1) is 0 Å². The van der Waals surface area contributed by atoms with Gasteiger partial charge in [0.15, 0.2) is 17.3 Å². The van der Waals surface area contributed by atoms with Crippen LogP contribution in [0.5, 0.6) is 0 Å². The first-order valence-corrected chi connectivity index (χ1v) is 4.89. The summed E-state index contributed by atoms with van der Waals surface area (Å²) in [6.07, 6.45) is 1.28. The van der Waals surface area contributed by atoms with Crippen molar-refractivity contribution in [3.63, 3.8) is 0 Å². The molecule has 0 aliphatic carbocycles. The smallest absolute Gasteiger partial charge is 0.298 e. The van der Waals surface area contributed by atoms with Crippen molar-refractivity contribution < 1.29 is 19.9 Å². The number of nitrogens with two attached hydrogens (primary N) is 1. The number of nitrogen functional groups attached to an aromatic ring is 1. The fraction of sp³-hybridized carbons (Fsp3) is 0.444. The average molecular weight is 242 g/mol. The van der Waals surface area contributed by atoms with Crippen LogP contribution < -0.4 is 5.73 Å². The molecular formula is C9H14N4O4. The Balaban J connectivity index is 2.94. The number of ketones is 1. The van der Waals surface area contributed by atoms with Crippen molar-refractivity contribution >= 4 is 17.5 Å². The summed E-state index contributed by atoms with van der Waals surface area (Å²) in [7, 11) is 0. The van der Waals surface area contributed by atoms with E-state index in [0.717, 1.165) is 0 Å². The Kier molecular flexibility index (Phi) is 4.18. The summed E-state index contributed by atoms with van der Waals surface area (Å²) in [6, 6.07) is 0. The van der Waals surface area contributed by atoms with Crippen LogP contribution >= 0.6 is 0 Å². The molecule has 0 saturated heterocycles. The van der Waals surface area contributed by atoms with Crippen molar-refractivity contribution in [1.29, 1.82) is 0 Å². The lowest BCUT2D eigenvalue weighted by Crippen LogP contribution is -2.33. The molecule has 1 heterocycles. The number of hydrogen-bond acceptors (Lipinski definition) is 6. The van der Waals surface area contributed by atoms with Crippen LogP contribution in [-0.2, 0) is 11.3 Å². The third kappa shape index (κ3) is 3.02. The monoisotopic (exact) mass is 242 g/mol. The Morgan fingerprint density at radius 3 is 2.76 bits per heavy atom. The van der Waals surface area contributed by atoms with Crippen molar-refractivity contribution in [3.8, 4) is 0 Å². The van der Waals surface area contributed by atoms with E-state index in [0.29, 0.717) is 0 Å². The maximum absolute atomic E-state index is 11.8. The Morgan fingerprint density at radius 1 is 1.59 bits per heavy atom. The van der Waals surface area contributed by atoms with Crippen molar-refractivity contribution in [1.82, 2.24) is 14.6 Å². The highest BCUT2D eigenvalue weighted by Gasteiger charge is 2.22. The van der Waals surface area contributed by atoms with Gasteiger partial charge in [-0.1, -0.05) is 0 Å². The first kappa shape index (κ1) is 13.1. The Morgan fingerprint density at radius 2 is 2.24 bits per heavy atom. The number of carbonyl (C=O) groups excluding carboxylic acids is 2. The zero-order chi connectivity index (χ0) is 13.0. The third-order valence-corrected chi connectivity index (χ3v) is 2.02. The van der Waals surface area contributed by atoms with E-state index in [-0.39, 0.29) is 35.5 Å². The van der Waals surface area contributed by atoms with Crippen LogP contribution in [0.1, 0.15) is 17.4 Å². The summed E-state index contributed by atoms with van der Waals surface area (Å²) in [4.78, 5) is 26.2. The molecule has 94 valence electrons. The molecule has 0 aromatic carbocycles. The van der Waals surface area contributed by atoms with Crippen LogP contribution in [0.25, 0.3) is 0 Å². The van der Waals surface area contributed by atoms with Crippen molar-refractivity contribution in [2.24, 2.45) is 0 Å². The molecule has 0 atom stereocenters. The summed E-state index contributed by atoms with van der Waals surface area (Å²) in [5.74, 6) is -1.26. The van der Waals surface area contributed by atoms with E-state index >= 15 is 0 Å². The Bertz CT molecular complexity index is 429. The minimum atomic E-state index is -0.830. The minimum Gasteiger partial charge on any atom is -0.395 e. The number of hydrogen-bond donors (Lipinski definition) is 3. The van der Waals surface area contributed by atoms with Gasteiger partial charge in [-0.05, 0) is 6.92 Å². The van der Waals surface area contributed by atoms with Gasteiger partial charge in [-0.2, -0.15) is 0 Å². The molecule has 0 aliphatic rings. The van der Waals surface area contributed by atoms with Crippen LogP contribution in [0.4, 0.5) is 5.82 Å². The second-order valence-electron chi connectivity index (χ2n) is 3.46. The summed E-state index contributed by atoms with van der Waals surface area (Å²) in [5, 5.41) is 18.4. The van der Waals surface area contributed by atoms with E-state index in [4.69, 9.17) is 10.8 Å². The molecule has 0 bridgehead atoms. The number of aromatic nitrogens is 2. The second-order valence-corrected chi connectivity index (χ2v) is 3.46. The van der Waals surface area contributed by atoms with Crippen LogP contribution in [0.2, 0.25) is 0 Å². The number of hydroxylamine groups is 2. The number of aliphatic hydroxyl groups is 1. The number of carbonyl (C=O) groups is 2. The molecule has 0 radical (unpaired) electrons. The number of rotatable bonds is 5. The van der Waals surface area contributed by atoms with Gasteiger partial charge in [-0.3, -0.25) is 14.8 Å². The van der Waals surface area contributed by atoms with Gasteiger partial charge in [-0.25, -0.2) is 10.0 Å². The lowest BCUT2D eigenvalue weighted by Gasteiger charge is -2.14. The van der Waals surface area contributed by atoms with Crippen molar-refractivity contribution in [3.05, 3.63) is 12.0 Å². The molecule has 0 spiro atoms. The fourth-order valence-corrected chi connectivity index (χ4v) is 1.31. The molecule has 1 aromatic rings. The van der Waals surface area contributed by atoms with E-state index in [2.05, 4.69) is 4.98 Å². The van der Waals surface area contributed by atoms with Crippen LogP contribution in [0, 0.1) is 0 Å². The van der Waals surface area contributed by atoms with E-state index in [1.807, 2.05) is 0 Å². The standard InChI is InChI=1S/C9H14N4O4/c1-6(15)4-13(17)9(16)7-8(10)11-5-12(7)2-3-14/h5,14,17H,2-4,10H2,1H3. The topological polar surface area (TPSA) is 122 Å². The molecule has 0 unspecified atom stereocenters. The number of anilines is 1. The maximum atomic E-state index is 11.8. The number of amides is 1. The Hall–Kier alpha value is -1.93. The first-order chi connectivity index (χ1) is 7.97. The van der Waals surface area contributed by atoms with Gasteiger partial charge >= 0.3 is 0 Å². The lowest BCUT2D eigenvalue weighted by molar-refractivity contribution is -0.126. The van der Waals surface area contributed by atoms with Gasteiger partial charge in [0, 0.05) is 6.54 Å². The molecule has 1 rings (SSSR count). The van der Waals surface area contributed by atoms with E-state index < -0.39 is 12.5 Å². The molecule has 17 heavy (non-hydrogen) atoms. The molecule has 8 nitrogen and oxygen atoms in total. The number of aliphatic hydroxyl groups excluding tert-OH is 1. The second kappa shape index (κ2) is 5.41. The molecular weight excluding hydrogens is 228 g/mol. The van der Waals surface area contributed by atoms with E-state index in [1.165, 1.54) is 17.8 Å². The van der Waals surface area contributed by atoms with Crippen LogP contribution in [0.3, 0.4) is 0 Å². The van der Waals surface area contributed by atoms with Gasteiger partial charge in [0.05, 0.1) is 12.9 Å². The predicted octanol–water partition coefficient (Wildman–Crippen LogP) is -1.12. The van der Waals surface area contributed by atoms with Crippen LogP contribution in [0.15, 0.2) is 6.33 Å². The molecule has 0 saturated carbocycles. The zero-order valence-electron chi connectivity index (χ0n) is 9.33. The third-order valence-electron chi connectivity index (χ3n) is 2.02. The van der Waals surface area contributed by atoms with Crippen molar-refractivity contribution in [2.75, 3.05) is 18.9 Å². The van der Waals surface area contributed by atoms with E-state index in [1.54, 1.807) is 0 Å². The van der Waals surface area contributed by atoms with Crippen molar-refractivity contribution in [2.45, 2.75) is 13.5 Å². The number of Topliss-reactive ketones (excluding diaryl/α,β-unsaturated/α-hetero) is 1. The summed E-state index contributed by atoms with van der Waals surface area (Å²) >= 11 is 0. The quantitative estimate of drug-likeness (QED) is 0.444. The molecule has 0 aliphatic heterocycles. The summed E-state index contributed by atoms with van der Waals surface area (Å²) in [5.41, 5.74) is 5.43. The molecule has 1 aromatic heterocycles. The van der Waals surface area contributed by atoms with Gasteiger partial charge in [0.2, 0.25) is 0 Å². The highest BCUT2D eigenvalue weighted by Crippen LogP contribution is 2.12. The van der Waals surface area contributed by atoms with Crippen LogP contribution in [-0.4, -0.2) is 49.8 Å². The molecule has 1 amide bonds. The predicted molar refractivity (Wildman–Crippen MR) is 57.2 cm³/mol. The fourth-order valence-electron chi connectivity index (χ4n) is 1.31. The summed E-state index contributed by atoms with van der Waals surface area (Å²) < 4.78 is 1.31. The number of nitrogens with zero attached hydrogens (tertiary/aromatic N) is 3. The largest absolute Gasteiger partial charge is 0.395 e. The van der Waals surface area contributed by atoms with E-state index in [9.17, 15) is 14.8 Å². The minimum absolute atomic E-state index is 0.0530. The van der Waals surface area contributed by atoms with Gasteiger partial charge < -0.3 is 15.4 Å². The molecule has 0 fully saturated rings. The average Bonchev–Trinajstić information content (AvgIpc) is 2.58. The highest BCUT2D eigenvalue weighted by molar-refractivity contribution is 5.97. The summed E-state index contributed by atoms with van der Waals surface area (Å²) in [6.45, 7) is 0.737. The van der Waals surface area contributed by atoms with Gasteiger partial charge in [0.25, 0.3) is 5.91 Å². The molecule has 4 N–H and O–H groups in total. The number of imidazole rings is 1. The maximum Gasteiger partial charge on any atom is 0.298 e. The van der Waals surface area contributed by atoms with Gasteiger partial charge in [0.1, 0.15) is 6.54 Å².